The maximum atomic E-state index is 11.2. The normalized spacial score (nSPS) is 13.1. The van der Waals surface area contributed by atoms with Gasteiger partial charge in [-0.05, 0) is 0 Å². The Balaban J connectivity index is 4.15. The number of sulfone groups is 1. The number of aliphatic carboxylic acids is 1. The molecule has 0 spiro atoms. The molecule has 0 rings (SSSR count). The van der Waals surface area contributed by atoms with Gasteiger partial charge in [0.2, 0.25) is 5.91 Å². The van der Waals surface area contributed by atoms with Crippen LogP contribution in [-0.4, -0.2) is 55.2 Å². The fourth-order valence-corrected chi connectivity index (χ4v) is 1.49. The third kappa shape index (κ3) is 7.18. The number of carbonyl (C=O) groups excluding carboxylic acids is 1. The Morgan fingerprint density at radius 2 is 1.94 bits per heavy atom. The predicted octanol–water partition coefficient (Wildman–Crippen LogP) is -1.63. The molecule has 1 amide bonds. The van der Waals surface area contributed by atoms with Crippen molar-refractivity contribution in [3.63, 3.8) is 0 Å². The van der Waals surface area contributed by atoms with Gasteiger partial charge in [-0.15, -0.1) is 0 Å². The van der Waals surface area contributed by atoms with Gasteiger partial charge < -0.3 is 15.5 Å². The van der Waals surface area contributed by atoms with Gasteiger partial charge in [-0.2, -0.15) is 0 Å². The minimum absolute atomic E-state index is 0.111. The molecule has 0 aliphatic carbocycles. The van der Waals surface area contributed by atoms with Gasteiger partial charge in [0.25, 0.3) is 0 Å². The van der Waals surface area contributed by atoms with Gasteiger partial charge in [0.1, 0.15) is 15.9 Å². The molecule has 0 saturated carbocycles. The van der Waals surface area contributed by atoms with Crippen LogP contribution in [0.3, 0.4) is 0 Å². The largest absolute Gasteiger partial charge is 0.480 e. The number of hydrogen-bond acceptors (Lipinski definition) is 5. The number of aliphatic hydroxyl groups is 1. The monoisotopic (exact) mass is 253 g/mol. The van der Waals surface area contributed by atoms with Crippen LogP contribution in [0, 0.1) is 0 Å². The van der Waals surface area contributed by atoms with Crippen LogP contribution < -0.4 is 5.32 Å². The van der Waals surface area contributed by atoms with E-state index >= 15 is 0 Å². The molecule has 0 aromatic carbocycles. The fourth-order valence-electron chi connectivity index (χ4n) is 0.931. The maximum absolute atomic E-state index is 11.2. The molecule has 0 aliphatic heterocycles. The SMILES string of the molecule is CS(=O)(=O)CCC(=O)NC(CCO)C(=O)O. The second-order valence-electron chi connectivity index (χ2n) is 3.35. The molecule has 0 fully saturated rings. The average Bonchev–Trinajstić information content (AvgIpc) is 2.13. The van der Waals surface area contributed by atoms with Gasteiger partial charge in [0, 0.05) is 25.7 Å². The molecule has 8 heteroatoms. The predicted molar refractivity (Wildman–Crippen MR) is 55.6 cm³/mol. The second kappa shape index (κ2) is 6.44. The summed E-state index contributed by atoms with van der Waals surface area (Å²) in [6, 6.07) is -1.18. The molecule has 0 aromatic heterocycles. The number of carbonyl (C=O) groups is 2. The highest BCUT2D eigenvalue weighted by molar-refractivity contribution is 7.90. The zero-order valence-corrected chi connectivity index (χ0v) is 9.66. The number of amides is 1. The van der Waals surface area contributed by atoms with E-state index in [-0.39, 0.29) is 25.2 Å². The molecular weight excluding hydrogens is 238 g/mol. The Hall–Kier alpha value is -1.15. The van der Waals surface area contributed by atoms with Crippen molar-refractivity contribution in [1.29, 1.82) is 0 Å². The van der Waals surface area contributed by atoms with Gasteiger partial charge in [-0.1, -0.05) is 0 Å². The third-order valence-corrected chi connectivity index (χ3v) is 2.70. The first kappa shape index (κ1) is 14.8. The maximum Gasteiger partial charge on any atom is 0.326 e. The zero-order chi connectivity index (χ0) is 12.8. The minimum Gasteiger partial charge on any atom is -0.480 e. The summed E-state index contributed by atoms with van der Waals surface area (Å²) in [4.78, 5) is 21.7. The summed E-state index contributed by atoms with van der Waals surface area (Å²) >= 11 is 0. The van der Waals surface area contributed by atoms with E-state index in [9.17, 15) is 18.0 Å². The summed E-state index contributed by atoms with van der Waals surface area (Å²) in [7, 11) is -3.25. The lowest BCUT2D eigenvalue weighted by molar-refractivity contribution is -0.142. The Morgan fingerprint density at radius 3 is 2.31 bits per heavy atom. The Bertz CT molecular complexity index is 350. The molecule has 1 atom stereocenters. The first-order chi connectivity index (χ1) is 7.26. The van der Waals surface area contributed by atoms with Crippen LogP contribution in [0.15, 0.2) is 0 Å². The molecule has 0 heterocycles. The van der Waals surface area contributed by atoms with Gasteiger partial charge >= 0.3 is 5.97 Å². The molecule has 0 bridgehead atoms. The van der Waals surface area contributed by atoms with Crippen LogP contribution in [-0.2, 0) is 19.4 Å². The van der Waals surface area contributed by atoms with Crippen molar-refractivity contribution >= 4 is 21.7 Å². The van der Waals surface area contributed by atoms with Crippen LogP contribution in [0.25, 0.3) is 0 Å². The molecular formula is C8H15NO6S. The van der Waals surface area contributed by atoms with E-state index < -0.39 is 27.8 Å². The topological polar surface area (TPSA) is 121 Å². The van der Waals surface area contributed by atoms with E-state index in [0.29, 0.717) is 0 Å². The van der Waals surface area contributed by atoms with Crippen molar-refractivity contribution in [2.45, 2.75) is 18.9 Å². The lowest BCUT2D eigenvalue weighted by Crippen LogP contribution is -2.41. The van der Waals surface area contributed by atoms with E-state index in [0.717, 1.165) is 6.26 Å². The first-order valence-corrected chi connectivity index (χ1v) is 6.63. The van der Waals surface area contributed by atoms with Gasteiger partial charge in [-0.3, -0.25) is 4.79 Å². The Labute approximate surface area is 93.4 Å². The number of carboxylic acids is 1. The standard InChI is InChI=1S/C8H15NO6S/c1-16(14,15)5-3-7(11)9-6(2-4-10)8(12)13/h6,10H,2-5H2,1H3,(H,9,11)(H,12,13). The van der Waals surface area contributed by atoms with Crippen LogP contribution >= 0.6 is 0 Å². The van der Waals surface area contributed by atoms with Crippen molar-refractivity contribution in [2.24, 2.45) is 0 Å². The number of rotatable bonds is 7. The highest BCUT2D eigenvalue weighted by Crippen LogP contribution is 1.94. The van der Waals surface area contributed by atoms with Crippen LogP contribution in [0.2, 0.25) is 0 Å². The Kier molecular flexibility index (Phi) is 5.97. The molecule has 0 saturated heterocycles. The van der Waals surface area contributed by atoms with Crippen molar-refractivity contribution in [3.05, 3.63) is 0 Å². The summed E-state index contributed by atoms with van der Waals surface area (Å²) in [6.45, 7) is -0.372. The molecule has 7 nitrogen and oxygen atoms in total. The lowest BCUT2D eigenvalue weighted by Gasteiger charge is -2.12. The molecule has 16 heavy (non-hydrogen) atoms. The molecule has 0 radical (unpaired) electrons. The van der Waals surface area contributed by atoms with Gasteiger partial charge in [0.05, 0.1) is 5.75 Å². The number of carboxylic acid groups (broad SMARTS) is 1. The molecule has 0 aromatic rings. The number of aliphatic hydroxyl groups excluding tert-OH is 1. The smallest absolute Gasteiger partial charge is 0.326 e. The number of hydrogen-bond donors (Lipinski definition) is 3. The van der Waals surface area contributed by atoms with Crippen LogP contribution in [0.1, 0.15) is 12.8 Å². The lowest BCUT2D eigenvalue weighted by atomic mass is 10.2. The van der Waals surface area contributed by atoms with Crippen molar-refractivity contribution in [3.8, 4) is 0 Å². The molecule has 1 unspecified atom stereocenters. The summed E-state index contributed by atoms with van der Waals surface area (Å²) in [6.07, 6.45) is 0.594. The van der Waals surface area contributed by atoms with E-state index in [1.54, 1.807) is 0 Å². The summed E-state index contributed by atoms with van der Waals surface area (Å²) in [5, 5.41) is 19.3. The van der Waals surface area contributed by atoms with E-state index in [1.165, 1.54) is 0 Å². The second-order valence-corrected chi connectivity index (χ2v) is 5.61. The highest BCUT2D eigenvalue weighted by atomic mass is 32.2. The third-order valence-electron chi connectivity index (χ3n) is 1.75. The van der Waals surface area contributed by atoms with Crippen LogP contribution in [0.4, 0.5) is 0 Å². The number of nitrogens with one attached hydrogen (secondary N) is 1. The van der Waals surface area contributed by atoms with Crippen molar-refractivity contribution in [1.82, 2.24) is 5.32 Å². The minimum atomic E-state index is -3.25. The van der Waals surface area contributed by atoms with Crippen LogP contribution in [0.5, 0.6) is 0 Å². The highest BCUT2D eigenvalue weighted by Gasteiger charge is 2.19. The molecule has 94 valence electrons. The van der Waals surface area contributed by atoms with Crippen molar-refractivity contribution in [2.75, 3.05) is 18.6 Å². The van der Waals surface area contributed by atoms with Gasteiger partial charge in [-0.25, -0.2) is 13.2 Å². The van der Waals surface area contributed by atoms with E-state index in [1.807, 2.05) is 0 Å². The summed E-state index contributed by atoms with van der Waals surface area (Å²) < 4.78 is 21.5. The van der Waals surface area contributed by atoms with Crippen molar-refractivity contribution < 1.29 is 28.2 Å². The molecule has 0 aliphatic rings. The Morgan fingerprint density at radius 1 is 1.38 bits per heavy atom. The summed E-state index contributed by atoms with van der Waals surface area (Å²) in [5.74, 6) is -2.25. The molecule has 3 N–H and O–H groups in total. The van der Waals surface area contributed by atoms with E-state index in [2.05, 4.69) is 5.32 Å². The van der Waals surface area contributed by atoms with Gasteiger partial charge in [0.15, 0.2) is 0 Å². The van der Waals surface area contributed by atoms with E-state index in [4.69, 9.17) is 10.2 Å². The zero-order valence-electron chi connectivity index (χ0n) is 8.84. The average molecular weight is 253 g/mol. The first-order valence-electron chi connectivity index (χ1n) is 4.57. The summed E-state index contributed by atoms with van der Waals surface area (Å²) in [5.41, 5.74) is 0. The quantitative estimate of drug-likeness (QED) is 0.501. The fraction of sp³-hybridized carbons (Fsp3) is 0.750.